The summed E-state index contributed by atoms with van der Waals surface area (Å²) >= 11 is 3.49. The minimum Gasteiger partial charge on any atom is -0.483 e. The molecule has 0 aliphatic carbocycles. The Kier molecular flexibility index (Phi) is 6.04. The molecule has 27 heavy (non-hydrogen) atoms. The zero-order valence-electron chi connectivity index (χ0n) is 14.7. The minimum atomic E-state index is -0.274. The average Bonchev–Trinajstić information content (AvgIpc) is 2.68. The minimum absolute atomic E-state index is 0.0139. The third-order valence-corrected chi connectivity index (χ3v) is 4.59. The third-order valence-electron chi connectivity index (χ3n) is 3.97. The molecule has 3 rings (SSSR count). The van der Waals surface area contributed by atoms with Crippen molar-refractivity contribution in [3.05, 3.63) is 82.8 Å². The van der Waals surface area contributed by atoms with Crippen molar-refractivity contribution in [1.29, 1.82) is 0 Å². The van der Waals surface area contributed by atoms with Crippen LogP contribution in [0.1, 0.15) is 17.3 Å². The Balaban J connectivity index is 1.59. The first-order chi connectivity index (χ1) is 13.0. The number of halogens is 1. The van der Waals surface area contributed by atoms with Crippen LogP contribution in [0.2, 0.25) is 0 Å². The van der Waals surface area contributed by atoms with Crippen LogP contribution in [0, 0.1) is 0 Å². The molecule has 0 aromatic heterocycles. The molecule has 0 aliphatic rings. The summed E-state index contributed by atoms with van der Waals surface area (Å²) in [6.45, 7) is 1.39. The number of hydrogen-bond acceptors (Lipinski definition) is 3. The van der Waals surface area contributed by atoms with Crippen LogP contribution in [0.15, 0.2) is 77.3 Å². The average molecular weight is 424 g/mol. The molecule has 0 saturated carbocycles. The third kappa shape index (κ3) is 5.05. The maximum Gasteiger partial charge on any atom is 0.262 e. The Hall–Kier alpha value is -2.92. The van der Waals surface area contributed by atoms with Crippen LogP contribution in [-0.2, 0) is 4.79 Å². The summed E-state index contributed by atoms with van der Waals surface area (Å²) < 4.78 is 6.39. The maximum absolute atomic E-state index is 12.1. The van der Waals surface area contributed by atoms with E-state index in [1.165, 1.54) is 6.92 Å². The van der Waals surface area contributed by atoms with Crippen molar-refractivity contribution >= 4 is 33.3 Å². The summed E-state index contributed by atoms with van der Waals surface area (Å²) in [6, 6.07) is 22.5. The van der Waals surface area contributed by atoms with Crippen molar-refractivity contribution in [3.63, 3.8) is 0 Å². The van der Waals surface area contributed by atoms with Gasteiger partial charge in [0, 0.05) is 11.3 Å². The highest BCUT2D eigenvalue weighted by Gasteiger charge is 2.08. The lowest BCUT2D eigenvalue weighted by Crippen LogP contribution is -2.20. The van der Waals surface area contributed by atoms with E-state index in [9.17, 15) is 9.59 Å². The molecular weight excluding hydrogens is 406 g/mol. The summed E-state index contributed by atoms with van der Waals surface area (Å²) in [4.78, 5) is 23.4. The largest absolute Gasteiger partial charge is 0.483 e. The number of carbonyl (C=O) groups excluding carboxylic acids is 2. The van der Waals surface area contributed by atoms with Gasteiger partial charge in [0.25, 0.3) is 5.91 Å². The Bertz CT molecular complexity index is 953. The molecule has 3 aromatic rings. The topological polar surface area (TPSA) is 55.4 Å². The quantitative estimate of drug-likeness (QED) is 0.544. The van der Waals surface area contributed by atoms with Gasteiger partial charge in [-0.25, -0.2) is 0 Å². The highest BCUT2D eigenvalue weighted by atomic mass is 79.9. The van der Waals surface area contributed by atoms with E-state index < -0.39 is 0 Å². The SMILES string of the molecule is CC(=O)c1ccc(NC(=O)COc2ccc(-c3ccccc3)cc2Br)cc1. The number of hydrogen-bond donors (Lipinski definition) is 1. The zero-order valence-corrected chi connectivity index (χ0v) is 16.3. The lowest BCUT2D eigenvalue weighted by Gasteiger charge is -2.10. The monoisotopic (exact) mass is 423 g/mol. The molecule has 1 N–H and O–H groups in total. The van der Waals surface area contributed by atoms with E-state index in [0.29, 0.717) is 17.0 Å². The van der Waals surface area contributed by atoms with Crippen molar-refractivity contribution in [2.45, 2.75) is 6.92 Å². The molecule has 1 amide bonds. The molecule has 0 heterocycles. The normalized spacial score (nSPS) is 10.3. The number of benzene rings is 3. The lowest BCUT2D eigenvalue weighted by atomic mass is 10.1. The fraction of sp³-hybridized carbons (Fsp3) is 0.0909. The number of carbonyl (C=O) groups is 2. The van der Waals surface area contributed by atoms with Gasteiger partial charge in [0.2, 0.25) is 0 Å². The maximum atomic E-state index is 12.1. The van der Waals surface area contributed by atoms with Crippen LogP contribution in [0.3, 0.4) is 0 Å². The molecule has 0 unspecified atom stereocenters. The molecule has 0 fully saturated rings. The van der Waals surface area contributed by atoms with Gasteiger partial charge >= 0.3 is 0 Å². The van der Waals surface area contributed by atoms with Crippen molar-refractivity contribution in [2.75, 3.05) is 11.9 Å². The van der Waals surface area contributed by atoms with Crippen LogP contribution in [-0.4, -0.2) is 18.3 Å². The van der Waals surface area contributed by atoms with Gasteiger partial charge in [0.1, 0.15) is 5.75 Å². The summed E-state index contributed by atoms with van der Waals surface area (Å²) in [6.07, 6.45) is 0. The fourth-order valence-corrected chi connectivity index (χ4v) is 3.05. The van der Waals surface area contributed by atoms with Gasteiger partial charge in [-0.15, -0.1) is 0 Å². The molecule has 0 spiro atoms. The number of ether oxygens (including phenoxy) is 1. The van der Waals surface area contributed by atoms with Gasteiger partial charge < -0.3 is 10.1 Å². The highest BCUT2D eigenvalue weighted by Crippen LogP contribution is 2.30. The van der Waals surface area contributed by atoms with Crippen LogP contribution in [0.4, 0.5) is 5.69 Å². The van der Waals surface area contributed by atoms with Gasteiger partial charge in [0.15, 0.2) is 12.4 Å². The van der Waals surface area contributed by atoms with Crippen molar-refractivity contribution in [3.8, 4) is 16.9 Å². The molecule has 4 nitrogen and oxygen atoms in total. The zero-order chi connectivity index (χ0) is 19.2. The first kappa shape index (κ1) is 18.9. The number of nitrogens with one attached hydrogen (secondary N) is 1. The molecule has 0 bridgehead atoms. The van der Waals surface area contributed by atoms with E-state index in [1.54, 1.807) is 24.3 Å². The van der Waals surface area contributed by atoms with Gasteiger partial charge in [-0.1, -0.05) is 36.4 Å². The molecule has 0 aliphatic heterocycles. The van der Waals surface area contributed by atoms with E-state index >= 15 is 0 Å². The Morgan fingerprint density at radius 1 is 0.926 bits per heavy atom. The molecule has 0 saturated heterocycles. The molecule has 0 atom stereocenters. The second-order valence-electron chi connectivity index (χ2n) is 5.98. The van der Waals surface area contributed by atoms with E-state index in [2.05, 4.69) is 21.2 Å². The summed E-state index contributed by atoms with van der Waals surface area (Å²) in [5.74, 6) is 0.307. The summed E-state index contributed by atoms with van der Waals surface area (Å²) in [7, 11) is 0. The van der Waals surface area contributed by atoms with Crippen LogP contribution in [0.25, 0.3) is 11.1 Å². The molecule has 3 aromatic carbocycles. The van der Waals surface area contributed by atoms with E-state index in [4.69, 9.17) is 4.74 Å². The Morgan fingerprint density at radius 3 is 2.26 bits per heavy atom. The van der Waals surface area contributed by atoms with E-state index in [1.807, 2.05) is 48.5 Å². The van der Waals surface area contributed by atoms with Gasteiger partial charge in [-0.3, -0.25) is 9.59 Å². The second kappa shape index (κ2) is 8.64. The van der Waals surface area contributed by atoms with Crippen LogP contribution >= 0.6 is 15.9 Å². The summed E-state index contributed by atoms with van der Waals surface area (Å²) in [5.41, 5.74) is 3.39. The predicted octanol–water partition coefficient (Wildman–Crippen LogP) is 5.34. The smallest absolute Gasteiger partial charge is 0.262 e. The molecular formula is C22H18BrNO3. The van der Waals surface area contributed by atoms with Crippen LogP contribution < -0.4 is 10.1 Å². The van der Waals surface area contributed by atoms with Gasteiger partial charge in [0.05, 0.1) is 4.47 Å². The van der Waals surface area contributed by atoms with Gasteiger partial charge in [-0.2, -0.15) is 0 Å². The fourth-order valence-electron chi connectivity index (χ4n) is 2.56. The summed E-state index contributed by atoms with van der Waals surface area (Å²) in [5, 5.41) is 2.74. The highest BCUT2D eigenvalue weighted by molar-refractivity contribution is 9.10. The lowest BCUT2D eigenvalue weighted by molar-refractivity contribution is -0.118. The Morgan fingerprint density at radius 2 is 1.63 bits per heavy atom. The number of Topliss-reactive ketones (excluding diaryl/α,β-unsaturated/α-hetero) is 1. The Labute approximate surface area is 166 Å². The first-order valence-corrected chi connectivity index (χ1v) is 9.21. The van der Waals surface area contributed by atoms with E-state index in [-0.39, 0.29) is 18.3 Å². The standard InChI is InChI=1S/C22H18BrNO3/c1-15(25)16-7-10-19(11-8-16)24-22(26)14-27-21-12-9-18(13-20(21)23)17-5-3-2-4-6-17/h2-13H,14H2,1H3,(H,24,26). The van der Waals surface area contributed by atoms with Crippen molar-refractivity contribution in [2.24, 2.45) is 0 Å². The second-order valence-corrected chi connectivity index (χ2v) is 6.84. The number of anilines is 1. The number of ketones is 1. The molecule has 0 radical (unpaired) electrons. The number of rotatable bonds is 6. The molecule has 5 heteroatoms. The van der Waals surface area contributed by atoms with Crippen LogP contribution in [0.5, 0.6) is 5.75 Å². The predicted molar refractivity (Wildman–Crippen MR) is 110 cm³/mol. The van der Waals surface area contributed by atoms with E-state index in [0.717, 1.165) is 15.6 Å². The van der Waals surface area contributed by atoms with Gasteiger partial charge in [-0.05, 0) is 70.4 Å². The molecule has 136 valence electrons. The van der Waals surface area contributed by atoms with Crippen molar-refractivity contribution in [1.82, 2.24) is 0 Å². The first-order valence-electron chi connectivity index (χ1n) is 8.41. The van der Waals surface area contributed by atoms with Crippen molar-refractivity contribution < 1.29 is 14.3 Å². The number of amides is 1.